The van der Waals surface area contributed by atoms with Crippen molar-refractivity contribution in [3.63, 3.8) is 0 Å². The van der Waals surface area contributed by atoms with Crippen molar-refractivity contribution < 1.29 is 4.74 Å². The van der Waals surface area contributed by atoms with Crippen LogP contribution in [0.3, 0.4) is 0 Å². The summed E-state index contributed by atoms with van der Waals surface area (Å²) in [7, 11) is 1.80. The third kappa shape index (κ3) is 2.02. The second kappa shape index (κ2) is 4.10. The van der Waals surface area contributed by atoms with E-state index < -0.39 is 0 Å². The maximum absolute atomic E-state index is 5.54. The molecule has 0 saturated carbocycles. The normalized spacial score (nSPS) is 19.7. The number of rotatable bonds is 3. The highest BCUT2D eigenvalue weighted by molar-refractivity contribution is 5.43. The molecule has 0 amide bonds. The van der Waals surface area contributed by atoms with Crippen molar-refractivity contribution in [1.29, 1.82) is 0 Å². The number of ether oxygens (including phenoxy) is 1. The van der Waals surface area contributed by atoms with Crippen LogP contribution in [0.1, 0.15) is 34.1 Å². The lowest BCUT2D eigenvalue weighted by molar-refractivity contribution is 0.0951. The largest absolute Gasteiger partial charge is 0.376 e. The molecule has 0 N–H and O–H groups in total. The van der Waals surface area contributed by atoms with E-state index in [1.165, 1.54) is 16.7 Å². The van der Waals surface area contributed by atoms with Gasteiger partial charge in [0, 0.05) is 7.11 Å². The average Bonchev–Trinajstić information content (AvgIpc) is 2.36. The predicted octanol–water partition coefficient (Wildman–Crippen LogP) is 3.32. The molecule has 0 aromatic carbocycles. The molecular formula is C12H20O. The highest BCUT2D eigenvalue weighted by atomic mass is 16.5. The fraction of sp³-hybridized carbons (Fsp3) is 0.667. The summed E-state index contributed by atoms with van der Waals surface area (Å²) in [6, 6.07) is 0. The van der Waals surface area contributed by atoms with Gasteiger partial charge in [-0.1, -0.05) is 25.5 Å². The monoisotopic (exact) mass is 180 g/mol. The molecule has 1 unspecified atom stereocenters. The van der Waals surface area contributed by atoms with E-state index >= 15 is 0 Å². The highest BCUT2D eigenvalue weighted by Gasteiger charge is 2.23. The molecule has 13 heavy (non-hydrogen) atoms. The predicted molar refractivity (Wildman–Crippen MR) is 56.7 cm³/mol. The Morgan fingerprint density at radius 2 is 1.92 bits per heavy atom. The lowest BCUT2D eigenvalue weighted by Gasteiger charge is -2.23. The van der Waals surface area contributed by atoms with E-state index in [9.17, 15) is 0 Å². The summed E-state index contributed by atoms with van der Waals surface area (Å²) in [5, 5.41) is 0. The molecule has 1 aliphatic carbocycles. The Kier molecular flexibility index (Phi) is 3.32. The highest BCUT2D eigenvalue weighted by Crippen LogP contribution is 2.32. The summed E-state index contributed by atoms with van der Waals surface area (Å²) in [5.74, 6) is 0.552. The Labute approximate surface area is 81.5 Å². The minimum Gasteiger partial charge on any atom is -0.376 e. The van der Waals surface area contributed by atoms with E-state index in [-0.39, 0.29) is 6.10 Å². The number of hydrogen-bond acceptors (Lipinski definition) is 1. The Bertz CT molecular complexity index is 246. The molecule has 1 rings (SSSR count). The van der Waals surface area contributed by atoms with Crippen molar-refractivity contribution in [1.82, 2.24) is 0 Å². The molecule has 0 aliphatic heterocycles. The van der Waals surface area contributed by atoms with Crippen LogP contribution in [0, 0.1) is 5.92 Å². The summed E-state index contributed by atoms with van der Waals surface area (Å²) in [4.78, 5) is 0. The minimum atomic E-state index is 0.277. The molecule has 0 heterocycles. The van der Waals surface area contributed by atoms with Gasteiger partial charge in [-0.05, 0) is 37.3 Å². The van der Waals surface area contributed by atoms with Crippen molar-refractivity contribution in [2.45, 2.75) is 40.2 Å². The molecule has 0 spiro atoms. The van der Waals surface area contributed by atoms with E-state index in [1.54, 1.807) is 7.11 Å². The Balaban J connectivity index is 2.91. The van der Waals surface area contributed by atoms with Crippen molar-refractivity contribution in [2.75, 3.05) is 7.11 Å². The fourth-order valence-corrected chi connectivity index (χ4v) is 2.05. The molecule has 1 aliphatic rings. The standard InChI is InChI=1S/C12H20O/c1-8(2)12(13-5)11-9(3)6-7-10(11)4/h6,8,12H,7H2,1-5H3. The maximum atomic E-state index is 5.54. The van der Waals surface area contributed by atoms with Crippen LogP contribution in [-0.2, 0) is 4.74 Å². The van der Waals surface area contributed by atoms with E-state index in [2.05, 4.69) is 33.8 Å². The van der Waals surface area contributed by atoms with Gasteiger partial charge in [0.2, 0.25) is 0 Å². The van der Waals surface area contributed by atoms with Crippen LogP contribution in [0.25, 0.3) is 0 Å². The average molecular weight is 180 g/mol. The van der Waals surface area contributed by atoms with Gasteiger partial charge in [-0.3, -0.25) is 0 Å². The molecule has 1 atom stereocenters. The van der Waals surface area contributed by atoms with Crippen LogP contribution in [0.2, 0.25) is 0 Å². The zero-order chi connectivity index (χ0) is 10.0. The zero-order valence-corrected chi connectivity index (χ0v) is 9.35. The second-order valence-electron chi connectivity index (χ2n) is 4.19. The van der Waals surface area contributed by atoms with Crippen LogP contribution in [0.5, 0.6) is 0 Å². The van der Waals surface area contributed by atoms with Gasteiger partial charge in [0.25, 0.3) is 0 Å². The third-order valence-corrected chi connectivity index (χ3v) is 2.74. The molecule has 0 bridgehead atoms. The number of methoxy groups -OCH3 is 1. The van der Waals surface area contributed by atoms with E-state index in [4.69, 9.17) is 4.74 Å². The number of allylic oxidation sites excluding steroid dienone is 2. The molecule has 0 fully saturated rings. The second-order valence-corrected chi connectivity index (χ2v) is 4.19. The Morgan fingerprint density at radius 1 is 1.31 bits per heavy atom. The van der Waals surface area contributed by atoms with E-state index in [0.717, 1.165) is 6.42 Å². The summed E-state index contributed by atoms with van der Waals surface area (Å²) in [6.45, 7) is 8.80. The first kappa shape index (κ1) is 10.5. The summed E-state index contributed by atoms with van der Waals surface area (Å²) >= 11 is 0. The Morgan fingerprint density at radius 3 is 2.23 bits per heavy atom. The lowest BCUT2D eigenvalue weighted by atomic mass is 9.93. The fourth-order valence-electron chi connectivity index (χ4n) is 2.05. The van der Waals surface area contributed by atoms with Crippen LogP contribution in [0.15, 0.2) is 22.8 Å². The minimum absolute atomic E-state index is 0.277. The van der Waals surface area contributed by atoms with Crippen LogP contribution in [-0.4, -0.2) is 13.2 Å². The molecule has 1 heteroatoms. The van der Waals surface area contributed by atoms with Crippen molar-refractivity contribution in [3.8, 4) is 0 Å². The molecule has 0 aromatic heterocycles. The van der Waals surface area contributed by atoms with Gasteiger partial charge in [0.1, 0.15) is 0 Å². The summed E-state index contributed by atoms with van der Waals surface area (Å²) < 4.78 is 5.54. The topological polar surface area (TPSA) is 9.23 Å². The first-order valence-electron chi connectivity index (χ1n) is 4.97. The molecule has 0 radical (unpaired) electrons. The molecule has 0 saturated heterocycles. The molecule has 0 aromatic rings. The number of hydrogen-bond donors (Lipinski definition) is 0. The first-order valence-corrected chi connectivity index (χ1v) is 4.97. The van der Waals surface area contributed by atoms with E-state index in [1.807, 2.05) is 0 Å². The first-order chi connectivity index (χ1) is 6.07. The maximum Gasteiger partial charge on any atom is 0.0846 e. The van der Waals surface area contributed by atoms with Gasteiger partial charge >= 0.3 is 0 Å². The molecular weight excluding hydrogens is 160 g/mol. The third-order valence-electron chi connectivity index (χ3n) is 2.74. The van der Waals surface area contributed by atoms with Crippen molar-refractivity contribution in [3.05, 3.63) is 22.8 Å². The van der Waals surface area contributed by atoms with Crippen LogP contribution in [0.4, 0.5) is 0 Å². The van der Waals surface area contributed by atoms with Gasteiger partial charge < -0.3 is 4.74 Å². The SMILES string of the molecule is COC(C1=C(C)CC=C1C)C(C)C. The van der Waals surface area contributed by atoms with Crippen LogP contribution < -0.4 is 0 Å². The molecule has 74 valence electrons. The van der Waals surface area contributed by atoms with Gasteiger partial charge in [-0.2, -0.15) is 0 Å². The van der Waals surface area contributed by atoms with E-state index in [0.29, 0.717) is 5.92 Å². The van der Waals surface area contributed by atoms with Gasteiger partial charge in [-0.25, -0.2) is 0 Å². The van der Waals surface area contributed by atoms with Crippen LogP contribution >= 0.6 is 0 Å². The zero-order valence-electron chi connectivity index (χ0n) is 9.35. The van der Waals surface area contributed by atoms with Gasteiger partial charge in [0.15, 0.2) is 0 Å². The summed E-state index contributed by atoms with van der Waals surface area (Å²) in [5.41, 5.74) is 4.30. The smallest absolute Gasteiger partial charge is 0.0846 e. The van der Waals surface area contributed by atoms with Crippen molar-refractivity contribution >= 4 is 0 Å². The quantitative estimate of drug-likeness (QED) is 0.647. The molecule has 1 nitrogen and oxygen atoms in total. The van der Waals surface area contributed by atoms with Gasteiger partial charge in [-0.15, -0.1) is 0 Å². The Hall–Kier alpha value is -0.560. The van der Waals surface area contributed by atoms with Gasteiger partial charge in [0.05, 0.1) is 6.10 Å². The lowest BCUT2D eigenvalue weighted by Crippen LogP contribution is -2.21. The summed E-state index contributed by atoms with van der Waals surface area (Å²) in [6.07, 6.45) is 3.67. The van der Waals surface area contributed by atoms with Crippen molar-refractivity contribution in [2.24, 2.45) is 5.92 Å².